The van der Waals surface area contributed by atoms with Crippen LogP contribution in [0.15, 0.2) is 22.8 Å². The normalized spacial score (nSPS) is 12.8. The highest BCUT2D eigenvalue weighted by atomic mass is 19.2. The molecule has 0 spiro atoms. The van der Waals surface area contributed by atoms with Gasteiger partial charge >= 0.3 is 6.16 Å². The molecule has 0 atom stereocenters. The minimum atomic E-state index is -1.69. The molecule has 8 heteroatoms. The van der Waals surface area contributed by atoms with Crippen molar-refractivity contribution >= 4 is 23.3 Å². The topological polar surface area (TPSA) is 77.8 Å². The molecule has 1 aliphatic rings. The van der Waals surface area contributed by atoms with Crippen LogP contribution in [0.25, 0.3) is 17.1 Å². The second kappa shape index (κ2) is 4.30. The molecule has 0 radical (unpaired) electrons. The Labute approximate surface area is 115 Å². The van der Waals surface area contributed by atoms with E-state index in [0.29, 0.717) is 6.07 Å². The van der Waals surface area contributed by atoms with Crippen molar-refractivity contribution in [3.63, 3.8) is 0 Å². The molecule has 0 aliphatic carbocycles. The molecule has 0 unspecified atom stereocenters. The number of carboxylic acid groups (broad SMARTS) is 1. The predicted octanol–water partition coefficient (Wildman–Crippen LogP) is 2.55. The number of hydrogen-bond donors (Lipinski definition) is 1. The summed E-state index contributed by atoms with van der Waals surface area (Å²) >= 11 is 0. The molecule has 1 aliphatic heterocycles. The van der Waals surface area contributed by atoms with E-state index < -0.39 is 34.7 Å². The predicted molar refractivity (Wildman–Crippen MR) is 67.4 cm³/mol. The maximum absolute atomic E-state index is 13.8. The van der Waals surface area contributed by atoms with E-state index in [1.807, 2.05) is 0 Å². The Morgan fingerprint density at radius 1 is 1.43 bits per heavy atom. The van der Waals surface area contributed by atoms with Crippen LogP contribution in [-0.4, -0.2) is 15.8 Å². The molecule has 3 rings (SSSR count). The van der Waals surface area contributed by atoms with Crippen molar-refractivity contribution < 1.29 is 28.2 Å². The van der Waals surface area contributed by atoms with Gasteiger partial charge in [0.05, 0.1) is 11.6 Å². The van der Waals surface area contributed by atoms with E-state index in [4.69, 9.17) is 9.84 Å². The Balaban J connectivity index is 2.46. The van der Waals surface area contributed by atoms with Gasteiger partial charge in [0, 0.05) is 6.20 Å². The standard InChI is InChI=1S/C13H7F2NO5/c1-5-3-16-4-8(21-13(18)19)11(17)6-2-7(14)9(15)12(20-5)10(6)16/h2-4H,1H3,(H,18,19). The average Bonchev–Trinajstić information content (AvgIpc) is 2.39. The van der Waals surface area contributed by atoms with Gasteiger partial charge in [-0.1, -0.05) is 0 Å². The average molecular weight is 295 g/mol. The van der Waals surface area contributed by atoms with E-state index in [1.165, 1.54) is 17.7 Å². The summed E-state index contributed by atoms with van der Waals surface area (Å²) in [4.78, 5) is 22.7. The molecule has 6 nitrogen and oxygen atoms in total. The monoisotopic (exact) mass is 295 g/mol. The first-order valence-electron chi connectivity index (χ1n) is 5.72. The number of rotatable bonds is 1. The smallest absolute Gasteiger partial charge is 0.455 e. The maximum Gasteiger partial charge on any atom is 0.511 e. The highest BCUT2D eigenvalue weighted by Crippen LogP contribution is 2.35. The Morgan fingerprint density at radius 2 is 2.14 bits per heavy atom. The van der Waals surface area contributed by atoms with Gasteiger partial charge in [-0.05, 0) is 13.0 Å². The zero-order valence-corrected chi connectivity index (χ0v) is 10.5. The van der Waals surface area contributed by atoms with Gasteiger partial charge in [-0.2, -0.15) is 4.39 Å². The Hall–Kier alpha value is -2.90. The number of nitrogens with zero attached hydrogens (tertiary/aromatic N) is 1. The van der Waals surface area contributed by atoms with Gasteiger partial charge in [-0.25, -0.2) is 9.18 Å². The molecule has 108 valence electrons. The quantitative estimate of drug-likeness (QED) is 0.818. The van der Waals surface area contributed by atoms with Crippen LogP contribution in [0.4, 0.5) is 13.6 Å². The lowest BCUT2D eigenvalue weighted by Crippen LogP contribution is -2.18. The van der Waals surface area contributed by atoms with Crippen molar-refractivity contribution in [3.05, 3.63) is 39.9 Å². The fraction of sp³-hybridized carbons (Fsp3) is 0.0769. The van der Waals surface area contributed by atoms with Crippen molar-refractivity contribution in [1.82, 2.24) is 4.57 Å². The Kier molecular flexibility index (Phi) is 2.68. The summed E-state index contributed by atoms with van der Waals surface area (Å²) in [7, 11) is 0. The van der Waals surface area contributed by atoms with Gasteiger partial charge in [0.1, 0.15) is 11.3 Å². The fourth-order valence-electron chi connectivity index (χ4n) is 2.15. The van der Waals surface area contributed by atoms with Gasteiger partial charge in [-0.3, -0.25) is 4.79 Å². The molecule has 1 aromatic heterocycles. The summed E-state index contributed by atoms with van der Waals surface area (Å²) in [6.45, 7) is 1.49. The third-order valence-corrected chi connectivity index (χ3v) is 2.91. The molecule has 0 bridgehead atoms. The van der Waals surface area contributed by atoms with E-state index in [-0.39, 0.29) is 16.7 Å². The molecule has 0 fully saturated rings. The zero-order chi connectivity index (χ0) is 15.3. The van der Waals surface area contributed by atoms with Crippen molar-refractivity contribution in [1.29, 1.82) is 0 Å². The highest BCUT2D eigenvalue weighted by Gasteiger charge is 2.24. The summed E-state index contributed by atoms with van der Waals surface area (Å²) < 4.78 is 38.1. The highest BCUT2D eigenvalue weighted by molar-refractivity contribution is 5.89. The van der Waals surface area contributed by atoms with Gasteiger partial charge in [0.25, 0.3) is 0 Å². The maximum atomic E-state index is 13.8. The number of pyridine rings is 1. The largest absolute Gasteiger partial charge is 0.511 e. The molecule has 2 heterocycles. The number of carbonyl (C=O) groups is 1. The van der Waals surface area contributed by atoms with Crippen LogP contribution in [-0.2, 0) is 0 Å². The van der Waals surface area contributed by atoms with E-state index in [2.05, 4.69) is 4.74 Å². The minimum Gasteiger partial charge on any atom is -0.455 e. The number of ether oxygens (including phenoxy) is 2. The summed E-state index contributed by atoms with van der Waals surface area (Å²) in [6.07, 6.45) is 0.779. The molecule has 1 N–H and O–H groups in total. The van der Waals surface area contributed by atoms with Gasteiger partial charge in [0.2, 0.25) is 11.2 Å². The number of hydrogen-bond acceptors (Lipinski definition) is 4. The van der Waals surface area contributed by atoms with E-state index in [9.17, 15) is 18.4 Å². The summed E-state index contributed by atoms with van der Waals surface area (Å²) in [5.41, 5.74) is -0.873. The molecule has 0 saturated heterocycles. The van der Waals surface area contributed by atoms with E-state index >= 15 is 0 Å². The van der Waals surface area contributed by atoms with E-state index in [1.54, 1.807) is 0 Å². The molecule has 0 amide bonds. The van der Waals surface area contributed by atoms with Gasteiger partial charge in [0.15, 0.2) is 17.3 Å². The van der Waals surface area contributed by atoms with Crippen LogP contribution in [0.5, 0.6) is 11.5 Å². The van der Waals surface area contributed by atoms with Gasteiger partial charge in [-0.15, -0.1) is 0 Å². The third kappa shape index (κ3) is 1.92. The van der Waals surface area contributed by atoms with Crippen LogP contribution in [0.2, 0.25) is 0 Å². The number of aromatic nitrogens is 1. The summed E-state index contributed by atoms with van der Waals surface area (Å²) in [5, 5.41) is 8.36. The molecule has 1 aromatic carbocycles. The van der Waals surface area contributed by atoms with E-state index in [0.717, 1.165) is 6.20 Å². The number of allylic oxidation sites excluding steroid dienone is 1. The van der Waals surface area contributed by atoms with Crippen LogP contribution in [0.3, 0.4) is 0 Å². The lowest BCUT2D eigenvalue weighted by molar-refractivity contribution is 0.144. The van der Waals surface area contributed by atoms with Crippen molar-refractivity contribution in [3.8, 4) is 11.5 Å². The number of benzene rings is 1. The van der Waals surface area contributed by atoms with Crippen molar-refractivity contribution in [2.75, 3.05) is 0 Å². The Bertz CT molecular complexity index is 884. The first-order chi connectivity index (χ1) is 9.88. The molecular formula is C13H7F2NO5. The van der Waals surface area contributed by atoms with Crippen LogP contribution in [0.1, 0.15) is 6.92 Å². The second-order valence-corrected chi connectivity index (χ2v) is 4.34. The first-order valence-corrected chi connectivity index (χ1v) is 5.72. The van der Waals surface area contributed by atoms with Crippen LogP contribution >= 0.6 is 0 Å². The van der Waals surface area contributed by atoms with Gasteiger partial charge < -0.3 is 19.1 Å². The lowest BCUT2D eigenvalue weighted by atomic mass is 10.1. The lowest BCUT2D eigenvalue weighted by Gasteiger charge is -2.19. The Morgan fingerprint density at radius 3 is 2.81 bits per heavy atom. The third-order valence-electron chi connectivity index (χ3n) is 2.91. The van der Waals surface area contributed by atoms with Crippen LogP contribution in [0, 0.1) is 11.6 Å². The SMILES string of the molecule is CC1=Cn2cc(OC(=O)O)c(=O)c3cc(F)c(F)c(c32)O1. The fourth-order valence-corrected chi connectivity index (χ4v) is 2.15. The summed E-state index contributed by atoms with van der Waals surface area (Å²) in [6, 6.07) is 0.680. The molecule has 2 aromatic rings. The van der Waals surface area contributed by atoms with Crippen LogP contribution < -0.4 is 14.9 Å². The molecule has 0 saturated carbocycles. The zero-order valence-electron chi connectivity index (χ0n) is 10.5. The summed E-state index contributed by atoms with van der Waals surface area (Å²) in [5.74, 6) is -3.21. The number of halogens is 2. The minimum absolute atomic E-state index is 0.00207. The molecular weight excluding hydrogens is 288 g/mol. The van der Waals surface area contributed by atoms with Crippen molar-refractivity contribution in [2.45, 2.75) is 6.92 Å². The second-order valence-electron chi connectivity index (χ2n) is 4.34. The first kappa shape index (κ1) is 13.1. The van der Waals surface area contributed by atoms with Crippen molar-refractivity contribution in [2.24, 2.45) is 0 Å². The molecule has 21 heavy (non-hydrogen) atoms.